The molecule has 0 unspecified atom stereocenters. The number of aryl methyl sites for hydroxylation is 1. The number of imidazole rings is 1. The van der Waals surface area contributed by atoms with Crippen LogP contribution in [0.2, 0.25) is 0 Å². The average molecular weight is 273 g/mol. The van der Waals surface area contributed by atoms with Gasteiger partial charge in [0.15, 0.2) is 0 Å². The van der Waals surface area contributed by atoms with Gasteiger partial charge in [0.25, 0.3) is 0 Å². The highest BCUT2D eigenvalue weighted by atomic mass is 16.5. The molecule has 0 aliphatic carbocycles. The Bertz CT molecular complexity index is 576. The average Bonchev–Trinajstić information content (AvgIpc) is 2.98. The summed E-state index contributed by atoms with van der Waals surface area (Å²) in [5, 5.41) is 2.76. The molecule has 0 atom stereocenters. The smallest absolute Gasteiger partial charge is 0.337 e. The molecule has 0 aliphatic rings. The number of aromatic nitrogens is 2. The Morgan fingerprint density at radius 1 is 1.30 bits per heavy atom. The largest absolute Gasteiger partial charge is 0.465 e. The Balaban J connectivity index is 1.86. The van der Waals surface area contributed by atoms with Gasteiger partial charge >= 0.3 is 5.97 Å². The van der Waals surface area contributed by atoms with Crippen LogP contribution in [0.4, 0.5) is 5.69 Å². The van der Waals surface area contributed by atoms with Gasteiger partial charge in [-0.2, -0.15) is 0 Å². The standard InChI is InChI=1S/C14H15N3O3/c1-20-14(19)11-2-4-12(5-3-11)16-13(18)6-8-17-9-7-15-10-17/h2-5,7,9-10H,6,8H2,1H3,(H,16,18). The summed E-state index contributed by atoms with van der Waals surface area (Å²) >= 11 is 0. The Labute approximate surface area is 116 Å². The number of nitrogens with zero attached hydrogens (tertiary/aromatic N) is 2. The van der Waals surface area contributed by atoms with Crippen LogP contribution >= 0.6 is 0 Å². The summed E-state index contributed by atoms with van der Waals surface area (Å²) in [6.45, 7) is 0.575. The molecule has 104 valence electrons. The van der Waals surface area contributed by atoms with E-state index in [1.165, 1.54) is 7.11 Å². The van der Waals surface area contributed by atoms with Gasteiger partial charge in [-0.1, -0.05) is 0 Å². The fourth-order valence-electron chi connectivity index (χ4n) is 1.68. The van der Waals surface area contributed by atoms with Crippen LogP contribution in [0.3, 0.4) is 0 Å². The highest BCUT2D eigenvalue weighted by Gasteiger charge is 2.06. The van der Waals surface area contributed by atoms with Crippen LogP contribution in [-0.2, 0) is 16.1 Å². The fraction of sp³-hybridized carbons (Fsp3) is 0.214. The molecular weight excluding hydrogens is 258 g/mol. The van der Waals surface area contributed by atoms with E-state index in [-0.39, 0.29) is 5.91 Å². The van der Waals surface area contributed by atoms with Crippen molar-refractivity contribution in [3.63, 3.8) is 0 Å². The normalized spacial score (nSPS) is 10.1. The molecule has 2 aromatic rings. The lowest BCUT2D eigenvalue weighted by atomic mass is 10.2. The molecule has 0 saturated heterocycles. The van der Waals surface area contributed by atoms with Crippen molar-refractivity contribution in [1.29, 1.82) is 0 Å². The van der Waals surface area contributed by atoms with E-state index in [1.807, 2.05) is 4.57 Å². The number of hydrogen-bond acceptors (Lipinski definition) is 4. The van der Waals surface area contributed by atoms with E-state index in [9.17, 15) is 9.59 Å². The summed E-state index contributed by atoms with van der Waals surface area (Å²) in [5.41, 5.74) is 1.09. The van der Waals surface area contributed by atoms with Crippen molar-refractivity contribution in [3.05, 3.63) is 48.5 Å². The third kappa shape index (κ3) is 3.68. The number of hydrogen-bond donors (Lipinski definition) is 1. The number of nitrogens with one attached hydrogen (secondary N) is 1. The molecule has 1 aromatic heterocycles. The Kier molecular flexibility index (Phi) is 4.49. The summed E-state index contributed by atoms with van der Waals surface area (Å²) in [5.74, 6) is -0.493. The summed E-state index contributed by atoms with van der Waals surface area (Å²) < 4.78 is 6.44. The van der Waals surface area contributed by atoms with E-state index in [0.29, 0.717) is 24.2 Å². The van der Waals surface area contributed by atoms with Crippen LogP contribution in [0.15, 0.2) is 43.0 Å². The van der Waals surface area contributed by atoms with Crippen molar-refractivity contribution in [2.45, 2.75) is 13.0 Å². The molecule has 0 saturated carbocycles. The van der Waals surface area contributed by atoms with Gasteiger partial charge in [-0.3, -0.25) is 4.79 Å². The number of amides is 1. The maximum Gasteiger partial charge on any atom is 0.337 e. The lowest BCUT2D eigenvalue weighted by molar-refractivity contribution is -0.116. The molecular formula is C14H15N3O3. The first-order chi connectivity index (χ1) is 9.69. The number of ether oxygens (including phenoxy) is 1. The van der Waals surface area contributed by atoms with Gasteiger partial charge in [0, 0.05) is 31.0 Å². The lowest BCUT2D eigenvalue weighted by Gasteiger charge is -2.06. The van der Waals surface area contributed by atoms with Gasteiger partial charge in [0.05, 0.1) is 19.0 Å². The van der Waals surface area contributed by atoms with Crippen LogP contribution in [0, 0.1) is 0 Å². The molecule has 1 amide bonds. The van der Waals surface area contributed by atoms with Crippen molar-refractivity contribution in [1.82, 2.24) is 9.55 Å². The van der Waals surface area contributed by atoms with E-state index in [2.05, 4.69) is 15.0 Å². The van der Waals surface area contributed by atoms with E-state index in [1.54, 1.807) is 43.0 Å². The third-order valence-corrected chi connectivity index (χ3v) is 2.75. The van der Waals surface area contributed by atoms with Gasteiger partial charge in [0.2, 0.25) is 5.91 Å². The summed E-state index contributed by atoms with van der Waals surface area (Å²) in [6, 6.07) is 6.55. The van der Waals surface area contributed by atoms with E-state index < -0.39 is 5.97 Å². The Morgan fingerprint density at radius 2 is 2.05 bits per heavy atom. The fourth-order valence-corrected chi connectivity index (χ4v) is 1.68. The number of carbonyl (C=O) groups is 2. The molecule has 0 fully saturated rings. The van der Waals surface area contributed by atoms with Gasteiger partial charge in [0.1, 0.15) is 0 Å². The minimum Gasteiger partial charge on any atom is -0.465 e. The zero-order valence-electron chi connectivity index (χ0n) is 11.1. The molecule has 6 heteroatoms. The monoisotopic (exact) mass is 273 g/mol. The number of methoxy groups -OCH3 is 1. The van der Waals surface area contributed by atoms with E-state index in [0.717, 1.165) is 0 Å². The molecule has 0 bridgehead atoms. The maximum atomic E-state index is 11.7. The van der Waals surface area contributed by atoms with E-state index >= 15 is 0 Å². The topological polar surface area (TPSA) is 73.2 Å². The number of anilines is 1. The van der Waals surface area contributed by atoms with Crippen molar-refractivity contribution < 1.29 is 14.3 Å². The highest BCUT2D eigenvalue weighted by Crippen LogP contribution is 2.10. The minimum atomic E-state index is -0.400. The predicted molar refractivity (Wildman–Crippen MR) is 73.3 cm³/mol. The number of benzene rings is 1. The van der Waals surface area contributed by atoms with Crippen LogP contribution in [0.5, 0.6) is 0 Å². The zero-order chi connectivity index (χ0) is 14.4. The predicted octanol–water partition coefficient (Wildman–Crippen LogP) is 1.70. The number of esters is 1. The quantitative estimate of drug-likeness (QED) is 0.841. The van der Waals surface area contributed by atoms with Gasteiger partial charge < -0.3 is 14.6 Å². The van der Waals surface area contributed by atoms with Gasteiger partial charge in [-0.05, 0) is 24.3 Å². The summed E-state index contributed by atoms with van der Waals surface area (Å²) in [4.78, 5) is 26.9. The maximum absolute atomic E-state index is 11.7. The molecule has 0 spiro atoms. The molecule has 1 aromatic carbocycles. The molecule has 20 heavy (non-hydrogen) atoms. The van der Waals surface area contributed by atoms with Crippen molar-refractivity contribution in [2.24, 2.45) is 0 Å². The first-order valence-electron chi connectivity index (χ1n) is 6.13. The molecule has 1 N–H and O–H groups in total. The molecule has 0 aliphatic heterocycles. The molecule has 1 heterocycles. The SMILES string of the molecule is COC(=O)c1ccc(NC(=O)CCn2ccnc2)cc1. The second kappa shape index (κ2) is 6.51. The van der Waals surface area contributed by atoms with Crippen LogP contribution in [0.25, 0.3) is 0 Å². The minimum absolute atomic E-state index is 0.0930. The van der Waals surface area contributed by atoms with Gasteiger partial charge in [-0.25, -0.2) is 9.78 Å². The Morgan fingerprint density at radius 3 is 2.65 bits per heavy atom. The Hall–Kier alpha value is -2.63. The highest BCUT2D eigenvalue weighted by molar-refractivity contribution is 5.92. The summed E-state index contributed by atoms with van der Waals surface area (Å²) in [7, 11) is 1.33. The second-order valence-corrected chi connectivity index (χ2v) is 4.17. The van der Waals surface area contributed by atoms with Crippen molar-refractivity contribution in [3.8, 4) is 0 Å². The number of carbonyl (C=O) groups excluding carboxylic acids is 2. The molecule has 6 nitrogen and oxygen atoms in total. The van der Waals surface area contributed by atoms with E-state index in [4.69, 9.17) is 0 Å². The van der Waals surface area contributed by atoms with Crippen LogP contribution in [-0.4, -0.2) is 28.5 Å². The third-order valence-electron chi connectivity index (χ3n) is 2.75. The molecule has 2 rings (SSSR count). The zero-order valence-corrected chi connectivity index (χ0v) is 11.1. The van der Waals surface area contributed by atoms with Gasteiger partial charge in [-0.15, -0.1) is 0 Å². The first kappa shape index (κ1) is 13.8. The van der Waals surface area contributed by atoms with Crippen molar-refractivity contribution >= 4 is 17.6 Å². The molecule has 0 radical (unpaired) electrons. The lowest BCUT2D eigenvalue weighted by Crippen LogP contribution is -2.14. The number of rotatable bonds is 5. The summed E-state index contributed by atoms with van der Waals surface area (Å²) in [6.07, 6.45) is 5.50. The van der Waals surface area contributed by atoms with Crippen molar-refractivity contribution in [2.75, 3.05) is 12.4 Å². The second-order valence-electron chi connectivity index (χ2n) is 4.17. The van der Waals surface area contributed by atoms with Crippen LogP contribution < -0.4 is 5.32 Å². The first-order valence-corrected chi connectivity index (χ1v) is 6.13. The van der Waals surface area contributed by atoms with Crippen LogP contribution in [0.1, 0.15) is 16.8 Å².